The lowest BCUT2D eigenvalue weighted by molar-refractivity contribution is 0.259. The summed E-state index contributed by atoms with van der Waals surface area (Å²) in [6.45, 7) is 0. The first-order valence-electron chi connectivity index (χ1n) is 3.02. The third kappa shape index (κ3) is 2.17. The number of primary amides is 1. The Hall–Kier alpha value is -1.71. The minimum absolute atomic E-state index is 0.156. The van der Waals surface area contributed by atoms with Crippen molar-refractivity contribution >= 4 is 11.7 Å². The van der Waals surface area contributed by atoms with Gasteiger partial charge in [-0.2, -0.15) is 0 Å². The van der Waals surface area contributed by atoms with E-state index >= 15 is 0 Å². The van der Waals surface area contributed by atoms with Gasteiger partial charge in [0, 0.05) is 11.8 Å². The molecule has 0 spiro atoms. The van der Waals surface area contributed by atoms with Crippen LogP contribution in [0.1, 0.15) is 0 Å². The molecule has 0 atom stereocenters. The monoisotopic (exact) mass is 151 g/mol. The van der Waals surface area contributed by atoms with Gasteiger partial charge in [0.1, 0.15) is 0 Å². The molecule has 11 heavy (non-hydrogen) atoms. The third-order valence-corrected chi connectivity index (χ3v) is 1.10. The number of rotatable bonds is 1. The van der Waals surface area contributed by atoms with Crippen LogP contribution in [0.2, 0.25) is 0 Å². The zero-order chi connectivity index (χ0) is 8.27. The van der Waals surface area contributed by atoms with Gasteiger partial charge in [-0.05, 0) is 12.1 Å². The molecule has 1 aromatic carbocycles. The van der Waals surface area contributed by atoms with Gasteiger partial charge < -0.3 is 11.1 Å². The van der Waals surface area contributed by atoms with Crippen LogP contribution in [0.5, 0.6) is 5.75 Å². The highest BCUT2D eigenvalue weighted by molar-refractivity contribution is 5.87. The normalized spacial score (nSPS) is 9.09. The van der Waals surface area contributed by atoms with Gasteiger partial charge in [-0.25, -0.2) is 4.79 Å². The Balaban J connectivity index is 2.79. The zero-order valence-electron chi connectivity index (χ0n) is 5.70. The van der Waals surface area contributed by atoms with Crippen LogP contribution >= 0.6 is 0 Å². The lowest BCUT2D eigenvalue weighted by atomic mass is 10.3. The number of hydrogen-bond acceptors (Lipinski definition) is 1. The lowest BCUT2D eigenvalue weighted by Crippen LogP contribution is -2.18. The number of urea groups is 1. The highest BCUT2D eigenvalue weighted by Gasteiger charge is 1.96. The smallest absolute Gasteiger partial charge is 0.316 e. The second-order valence-corrected chi connectivity index (χ2v) is 2.02. The summed E-state index contributed by atoms with van der Waals surface area (Å²) in [6, 6.07) is 5.16. The first-order valence-corrected chi connectivity index (χ1v) is 3.02. The second-order valence-electron chi connectivity index (χ2n) is 2.02. The number of amides is 2. The van der Waals surface area contributed by atoms with Crippen molar-refractivity contribution in [1.29, 1.82) is 0 Å². The molecule has 0 aliphatic carbocycles. The van der Waals surface area contributed by atoms with Crippen molar-refractivity contribution in [2.45, 2.75) is 0 Å². The standard InChI is InChI=1S/C7H7N2O2/c8-7(11)9-5-2-1-3-6(10)4-5/h1-4H,(H3,8,9,11). The molecular formula is C7H7N2O2. The number of nitrogens with two attached hydrogens (primary N) is 1. The van der Waals surface area contributed by atoms with Crippen molar-refractivity contribution in [3.8, 4) is 5.75 Å². The van der Waals surface area contributed by atoms with Crippen molar-refractivity contribution in [2.24, 2.45) is 5.73 Å². The molecule has 1 aromatic rings. The van der Waals surface area contributed by atoms with Crippen LogP contribution in [0.4, 0.5) is 10.5 Å². The maximum Gasteiger partial charge on any atom is 0.316 e. The van der Waals surface area contributed by atoms with E-state index in [-0.39, 0.29) is 5.75 Å². The summed E-state index contributed by atoms with van der Waals surface area (Å²) in [4.78, 5) is 10.3. The van der Waals surface area contributed by atoms with Crippen molar-refractivity contribution < 1.29 is 9.90 Å². The maximum absolute atomic E-state index is 10.7. The van der Waals surface area contributed by atoms with Gasteiger partial charge in [0.2, 0.25) is 0 Å². The molecule has 0 heterocycles. The van der Waals surface area contributed by atoms with Gasteiger partial charge in [-0.1, -0.05) is 6.07 Å². The Kier molecular flexibility index (Phi) is 1.96. The number of anilines is 1. The molecule has 57 valence electrons. The van der Waals surface area contributed by atoms with Crippen molar-refractivity contribution in [2.75, 3.05) is 5.32 Å². The van der Waals surface area contributed by atoms with E-state index in [1.54, 1.807) is 12.1 Å². The zero-order valence-corrected chi connectivity index (χ0v) is 5.70. The number of carbonyl (C=O) groups excluding carboxylic acids is 1. The Morgan fingerprint density at radius 3 is 2.73 bits per heavy atom. The van der Waals surface area contributed by atoms with Crippen molar-refractivity contribution in [3.05, 3.63) is 24.3 Å². The first-order chi connectivity index (χ1) is 5.18. The summed E-state index contributed by atoms with van der Waals surface area (Å²) in [7, 11) is 0. The van der Waals surface area contributed by atoms with E-state index in [1.807, 2.05) is 0 Å². The summed E-state index contributed by atoms with van der Waals surface area (Å²) in [5.74, 6) is -0.156. The predicted octanol–water partition coefficient (Wildman–Crippen LogP) is 1.32. The van der Waals surface area contributed by atoms with E-state index < -0.39 is 6.03 Å². The molecule has 0 unspecified atom stereocenters. The molecule has 1 rings (SSSR count). The molecule has 0 aliphatic rings. The van der Waals surface area contributed by atoms with Crippen LogP contribution in [0.15, 0.2) is 24.3 Å². The van der Waals surface area contributed by atoms with Crippen molar-refractivity contribution in [3.63, 3.8) is 0 Å². The highest BCUT2D eigenvalue weighted by atomic mass is 16.3. The van der Waals surface area contributed by atoms with Crippen LogP contribution in [-0.2, 0) is 5.11 Å². The summed E-state index contributed by atoms with van der Waals surface area (Å²) in [5, 5.41) is 13.0. The van der Waals surface area contributed by atoms with Gasteiger partial charge in [0.05, 0.1) is 0 Å². The largest absolute Gasteiger partial charge is 0.351 e. The predicted molar refractivity (Wildman–Crippen MR) is 39.8 cm³/mol. The minimum Gasteiger partial charge on any atom is -0.351 e. The van der Waals surface area contributed by atoms with Gasteiger partial charge in [0.25, 0.3) is 0 Å². The SMILES string of the molecule is NC(=O)Nc1cccc([O])c1. The fourth-order valence-corrected chi connectivity index (χ4v) is 0.716. The molecular weight excluding hydrogens is 144 g/mol. The third-order valence-electron chi connectivity index (χ3n) is 1.10. The van der Waals surface area contributed by atoms with Crippen LogP contribution in [-0.4, -0.2) is 6.03 Å². The molecule has 0 aromatic heterocycles. The van der Waals surface area contributed by atoms with Gasteiger partial charge in [0.15, 0.2) is 5.75 Å². The van der Waals surface area contributed by atoms with E-state index in [4.69, 9.17) is 5.73 Å². The van der Waals surface area contributed by atoms with E-state index in [1.165, 1.54) is 12.1 Å². The van der Waals surface area contributed by atoms with E-state index in [2.05, 4.69) is 5.32 Å². The van der Waals surface area contributed by atoms with Crippen LogP contribution in [0.25, 0.3) is 0 Å². The Morgan fingerprint density at radius 1 is 1.45 bits per heavy atom. The second kappa shape index (κ2) is 2.92. The average Bonchev–Trinajstić information content (AvgIpc) is 1.85. The molecule has 4 nitrogen and oxygen atoms in total. The number of nitrogens with one attached hydrogen (secondary N) is 1. The summed E-state index contributed by atoms with van der Waals surface area (Å²) >= 11 is 0. The molecule has 0 saturated heterocycles. The van der Waals surface area contributed by atoms with Crippen molar-refractivity contribution in [1.82, 2.24) is 0 Å². The summed E-state index contributed by atoms with van der Waals surface area (Å²) < 4.78 is 0. The molecule has 0 bridgehead atoms. The fourth-order valence-electron chi connectivity index (χ4n) is 0.716. The van der Waals surface area contributed by atoms with E-state index in [0.717, 1.165) is 0 Å². The number of benzene rings is 1. The Bertz CT molecular complexity index is 273. The van der Waals surface area contributed by atoms with Gasteiger partial charge in [-0.3, -0.25) is 5.11 Å². The maximum atomic E-state index is 10.7. The van der Waals surface area contributed by atoms with Crippen LogP contribution < -0.4 is 11.1 Å². The molecule has 2 amide bonds. The lowest BCUT2D eigenvalue weighted by Gasteiger charge is -1.98. The molecule has 3 N–H and O–H groups in total. The fraction of sp³-hybridized carbons (Fsp3) is 0. The van der Waals surface area contributed by atoms with Gasteiger partial charge in [-0.15, -0.1) is 0 Å². The number of carbonyl (C=O) groups is 1. The molecule has 1 radical (unpaired) electrons. The topological polar surface area (TPSA) is 75.0 Å². The number of hydrogen-bond donors (Lipinski definition) is 2. The Labute approximate surface area is 63.6 Å². The van der Waals surface area contributed by atoms with Crippen LogP contribution in [0.3, 0.4) is 0 Å². The molecule has 0 saturated carbocycles. The molecule has 4 heteroatoms. The quantitative estimate of drug-likeness (QED) is 0.624. The molecule has 0 fully saturated rings. The molecule has 0 aliphatic heterocycles. The first kappa shape index (κ1) is 7.40. The van der Waals surface area contributed by atoms with Gasteiger partial charge >= 0.3 is 6.03 Å². The Morgan fingerprint density at radius 2 is 2.18 bits per heavy atom. The van der Waals surface area contributed by atoms with E-state index in [9.17, 15) is 9.90 Å². The highest BCUT2D eigenvalue weighted by Crippen LogP contribution is 2.15. The van der Waals surface area contributed by atoms with Crippen LogP contribution in [0, 0.1) is 0 Å². The average molecular weight is 151 g/mol. The van der Waals surface area contributed by atoms with E-state index in [0.29, 0.717) is 5.69 Å². The summed E-state index contributed by atoms with van der Waals surface area (Å²) in [6.07, 6.45) is 0. The minimum atomic E-state index is -0.671. The summed E-state index contributed by atoms with van der Waals surface area (Å²) in [5.41, 5.74) is 5.24.